The molecule has 0 unspecified atom stereocenters. The van der Waals surface area contributed by atoms with Crippen LogP contribution in [0.5, 0.6) is 0 Å². The second-order valence-corrected chi connectivity index (χ2v) is 7.00. The summed E-state index contributed by atoms with van der Waals surface area (Å²) in [5.74, 6) is 0. The van der Waals surface area contributed by atoms with Crippen molar-refractivity contribution < 1.29 is 9.84 Å². The Morgan fingerprint density at radius 1 is 1.22 bits per heavy atom. The van der Waals surface area contributed by atoms with Crippen LogP contribution in [0, 0.1) is 0 Å². The monoisotopic (exact) mass is 339 g/mol. The van der Waals surface area contributed by atoms with Crippen LogP contribution in [0.25, 0.3) is 0 Å². The van der Waals surface area contributed by atoms with Crippen molar-refractivity contribution in [2.45, 2.75) is 64.2 Å². The lowest BCUT2D eigenvalue weighted by molar-refractivity contribution is -0.0223. The third-order valence-corrected chi connectivity index (χ3v) is 5.07. The first-order valence-corrected chi connectivity index (χ1v) is 9.27. The normalized spacial score (nSPS) is 19.0. The van der Waals surface area contributed by atoms with E-state index in [-0.39, 0.29) is 6.10 Å². The molecule has 1 aliphatic carbocycles. The zero-order valence-electron chi connectivity index (χ0n) is 14.4. The summed E-state index contributed by atoms with van der Waals surface area (Å²) in [5, 5.41) is 11.1. The summed E-state index contributed by atoms with van der Waals surface area (Å²) in [6, 6.07) is 8.32. The van der Waals surface area contributed by atoms with Gasteiger partial charge in [0.2, 0.25) is 0 Å². The van der Waals surface area contributed by atoms with Gasteiger partial charge in [0.15, 0.2) is 0 Å². The molecule has 1 aromatic carbocycles. The molecule has 130 valence electrons. The third-order valence-electron chi connectivity index (χ3n) is 4.82. The van der Waals surface area contributed by atoms with Gasteiger partial charge in [-0.25, -0.2) is 0 Å². The van der Waals surface area contributed by atoms with Crippen LogP contribution in [0.4, 0.5) is 0 Å². The molecule has 23 heavy (non-hydrogen) atoms. The van der Waals surface area contributed by atoms with Crippen LogP contribution in [0.1, 0.15) is 57.6 Å². The molecule has 0 aliphatic heterocycles. The number of ether oxygens (including phenoxy) is 1. The summed E-state index contributed by atoms with van der Waals surface area (Å²) in [6.45, 7) is 6.25. The zero-order valence-corrected chi connectivity index (χ0v) is 15.1. The van der Waals surface area contributed by atoms with Crippen molar-refractivity contribution in [3.63, 3.8) is 0 Å². The Hall–Kier alpha value is -0.610. The molecule has 1 N–H and O–H groups in total. The minimum absolute atomic E-state index is 0.0355. The molecule has 2 rings (SSSR count). The van der Waals surface area contributed by atoms with E-state index in [1.54, 1.807) is 0 Å². The molecule has 0 heterocycles. The highest BCUT2D eigenvalue weighted by molar-refractivity contribution is 6.30. The fraction of sp³-hybridized carbons (Fsp3) is 0.684. The Kier molecular flexibility index (Phi) is 7.84. The van der Waals surface area contributed by atoms with Crippen molar-refractivity contribution in [3.8, 4) is 0 Å². The molecule has 1 aromatic rings. The minimum atomic E-state index is -0.438. The Morgan fingerprint density at radius 3 is 2.48 bits per heavy atom. The molecular formula is C19H30ClNO2. The molecule has 1 fully saturated rings. The number of rotatable bonds is 8. The molecule has 0 spiro atoms. The van der Waals surface area contributed by atoms with Crippen LogP contribution in [-0.4, -0.2) is 41.8 Å². The van der Waals surface area contributed by atoms with Gasteiger partial charge in [-0.3, -0.25) is 4.90 Å². The molecule has 1 aliphatic rings. The molecule has 3 nitrogen and oxygen atoms in total. The first-order valence-electron chi connectivity index (χ1n) is 8.89. The van der Waals surface area contributed by atoms with Crippen molar-refractivity contribution in [2.75, 3.05) is 19.7 Å². The van der Waals surface area contributed by atoms with Crippen molar-refractivity contribution in [3.05, 3.63) is 34.9 Å². The first kappa shape index (κ1) is 18.7. The predicted molar refractivity (Wildman–Crippen MR) is 95.9 cm³/mol. The molecule has 4 heteroatoms. The number of nitrogens with zero attached hydrogens (tertiary/aromatic N) is 1. The number of likely N-dealkylation sites (N-methyl/N-ethyl adjacent to an activating group) is 1. The summed E-state index contributed by atoms with van der Waals surface area (Å²) in [4.78, 5) is 2.42. The van der Waals surface area contributed by atoms with E-state index in [9.17, 15) is 5.11 Å². The van der Waals surface area contributed by atoms with E-state index in [4.69, 9.17) is 16.3 Å². The van der Waals surface area contributed by atoms with Gasteiger partial charge in [-0.05, 0) is 44.0 Å². The van der Waals surface area contributed by atoms with Crippen LogP contribution in [0.2, 0.25) is 5.02 Å². The van der Waals surface area contributed by atoms with Crippen LogP contribution in [-0.2, 0) is 4.74 Å². The number of aliphatic hydroxyl groups excluding tert-OH is 1. The molecule has 0 saturated heterocycles. The Morgan fingerprint density at radius 2 is 1.87 bits per heavy atom. The lowest BCUT2D eigenvalue weighted by Gasteiger charge is -2.34. The van der Waals surface area contributed by atoms with E-state index in [0.717, 1.165) is 17.1 Å². The van der Waals surface area contributed by atoms with Crippen molar-refractivity contribution in [2.24, 2.45) is 0 Å². The number of hydrogen-bond donors (Lipinski definition) is 1. The van der Waals surface area contributed by atoms with Gasteiger partial charge in [0.25, 0.3) is 0 Å². The summed E-state index contributed by atoms with van der Waals surface area (Å²) >= 11 is 5.90. The predicted octanol–water partition coefficient (Wildman–Crippen LogP) is 4.43. The molecule has 1 saturated carbocycles. The van der Waals surface area contributed by atoms with E-state index in [1.807, 2.05) is 31.2 Å². The van der Waals surface area contributed by atoms with E-state index >= 15 is 0 Å². The minimum Gasteiger partial charge on any atom is -0.389 e. The van der Waals surface area contributed by atoms with Gasteiger partial charge in [0.1, 0.15) is 0 Å². The number of hydrogen-bond acceptors (Lipinski definition) is 3. The van der Waals surface area contributed by atoms with Crippen LogP contribution in [0.3, 0.4) is 0 Å². The molecule has 0 amide bonds. The van der Waals surface area contributed by atoms with Crippen molar-refractivity contribution in [1.82, 2.24) is 4.90 Å². The second kappa shape index (κ2) is 9.63. The summed E-state index contributed by atoms with van der Waals surface area (Å²) in [6.07, 6.45) is 6.06. The molecule has 0 radical (unpaired) electrons. The second-order valence-electron chi connectivity index (χ2n) is 6.56. The maximum Gasteiger partial charge on any atom is 0.0900 e. The zero-order chi connectivity index (χ0) is 16.7. The van der Waals surface area contributed by atoms with Gasteiger partial charge in [-0.2, -0.15) is 0 Å². The maximum absolute atomic E-state index is 10.3. The quantitative estimate of drug-likeness (QED) is 0.760. The molecule has 2 atom stereocenters. The van der Waals surface area contributed by atoms with Crippen LogP contribution < -0.4 is 0 Å². The van der Waals surface area contributed by atoms with Crippen molar-refractivity contribution >= 4 is 11.6 Å². The number of halogens is 1. The highest BCUT2D eigenvalue weighted by Gasteiger charge is 2.22. The average molecular weight is 340 g/mol. The largest absolute Gasteiger partial charge is 0.389 e. The fourth-order valence-corrected chi connectivity index (χ4v) is 3.52. The van der Waals surface area contributed by atoms with Crippen LogP contribution >= 0.6 is 11.6 Å². The Bertz CT molecular complexity index is 445. The van der Waals surface area contributed by atoms with Gasteiger partial charge in [-0.1, -0.05) is 49.9 Å². The van der Waals surface area contributed by atoms with Crippen molar-refractivity contribution in [1.29, 1.82) is 0 Å². The third kappa shape index (κ3) is 6.07. The summed E-state index contributed by atoms with van der Waals surface area (Å²) < 4.78 is 5.84. The van der Waals surface area contributed by atoms with Crippen LogP contribution in [0.15, 0.2) is 24.3 Å². The van der Waals surface area contributed by atoms with Gasteiger partial charge in [0.05, 0.1) is 18.8 Å². The van der Waals surface area contributed by atoms with Gasteiger partial charge in [0, 0.05) is 17.6 Å². The van der Waals surface area contributed by atoms with E-state index < -0.39 is 6.10 Å². The highest BCUT2D eigenvalue weighted by atomic mass is 35.5. The Balaban J connectivity index is 1.76. The first-order chi connectivity index (χ1) is 11.1. The maximum atomic E-state index is 10.3. The SMILES string of the molecule is CCN(C[C@H](O)CO[C@@H](C)c1ccc(Cl)cc1)C1CCCCC1. The van der Waals surface area contributed by atoms with Gasteiger partial charge in [-0.15, -0.1) is 0 Å². The lowest BCUT2D eigenvalue weighted by Crippen LogP contribution is -2.42. The van der Waals surface area contributed by atoms with E-state index in [2.05, 4.69) is 11.8 Å². The standard InChI is InChI=1S/C19H30ClNO2/c1-3-21(18-7-5-4-6-8-18)13-19(22)14-23-15(2)16-9-11-17(20)12-10-16/h9-12,15,18-19,22H,3-8,13-14H2,1-2H3/t15-,19-/m0/s1. The number of benzene rings is 1. The topological polar surface area (TPSA) is 32.7 Å². The van der Waals surface area contributed by atoms with E-state index in [1.165, 1.54) is 32.1 Å². The molecular weight excluding hydrogens is 310 g/mol. The Labute approximate surface area is 145 Å². The average Bonchev–Trinajstić information content (AvgIpc) is 2.59. The van der Waals surface area contributed by atoms with Gasteiger partial charge >= 0.3 is 0 Å². The highest BCUT2D eigenvalue weighted by Crippen LogP contribution is 2.23. The fourth-order valence-electron chi connectivity index (χ4n) is 3.39. The lowest BCUT2D eigenvalue weighted by atomic mass is 9.94. The summed E-state index contributed by atoms with van der Waals surface area (Å²) in [5.41, 5.74) is 1.08. The van der Waals surface area contributed by atoms with Gasteiger partial charge < -0.3 is 9.84 Å². The summed E-state index contributed by atoms with van der Waals surface area (Å²) in [7, 11) is 0. The van der Waals surface area contributed by atoms with E-state index in [0.29, 0.717) is 19.2 Å². The smallest absolute Gasteiger partial charge is 0.0900 e. The number of aliphatic hydroxyl groups is 1. The molecule has 0 aromatic heterocycles. The molecule has 0 bridgehead atoms.